The molecule has 2 nitrogen and oxygen atoms in total. The zero-order chi connectivity index (χ0) is 11.6. The van der Waals surface area contributed by atoms with Crippen molar-refractivity contribution in [1.29, 1.82) is 0 Å². The normalized spacial score (nSPS) is 12.6. The number of ether oxygens (including phenoxy) is 1. The highest BCUT2D eigenvalue weighted by Crippen LogP contribution is 2.15. The topological polar surface area (TPSA) is 21.3 Å². The SMILES string of the molecule is COCC(C)CNCCSc1ccccc1. The fourth-order valence-electron chi connectivity index (χ4n) is 1.45. The second-order valence-electron chi connectivity index (χ2n) is 3.93. The van der Waals surface area contributed by atoms with E-state index in [9.17, 15) is 0 Å². The van der Waals surface area contributed by atoms with Gasteiger partial charge >= 0.3 is 0 Å². The van der Waals surface area contributed by atoms with Gasteiger partial charge in [0.05, 0.1) is 0 Å². The summed E-state index contributed by atoms with van der Waals surface area (Å²) in [5.41, 5.74) is 0. The second kappa shape index (κ2) is 8.62. The van der Waals surface area contributed by atoms with Crippen molar-refractivity contribution in [1.82, 2.24) is 5.32 Å². The second-order valence-corrected chi connectivity index (χ2v) is 5.09. The molecule has 90 valence electrons. The highest BCUT2D eigenvalue weighted by Gasteiger charge is 1.99. The molecule has 0 aliphatic rings. The monoisotopic (exact) mass is 239 g/mol. The van der Waals surface area contributed by atoms with Crippen LogP contribution in [0.1, 0.15) is 6.92 Å². The molecule has 0 heterocycles. The first-order valence-electron chi connectivity index (χ1n) is 5.70. The number of benzene rings is 1. The molecule has 1 atom stereocenters. The molecule has 1 aromatic rings. The molecular formula is C13H21NOS. The van der Waals surface area contributed by atoms with Gasteiger partial charge in [-0.3, -0.25) is 0 Å². The summed E-state index contributed by atoms with van der Waals surface area (Å²) in [6, 6.07) is 10.5. The third kappa shape index (κ3) is 6.16. The number of nitrogens with one attached hydrogen (secondary N) is 1. The Hall–Kier alpha value is -0.510. The van der Waals surface area contributed by atoms with Crippen LogP contribution in [0.5, 0.6) is 0 Å². The maximum atomic E-state index is 5.08. The fourth-order valence-corrected chi connectivity index (χ4v) is 2.28. The van der Waals surface area contributed by atoms with E-state index in [-0.39, 0.29) is 0 Å². The summed E-state index contributed by atoms with van der Waals surface area (Å²) in [5, 5.41) is 3.44. The lowest BCUT2D eigenvalue weighted by Gasteiger charge is -2.11. The summed E-state index contributed by atoms with van der Waals surface area (Å²) in [4.78, 5) is 1.34. The van der Waals surface area contributed by atoms with Gasteiger partial charge < -0.3 is 10.1 Å². The zero-order valence-electron chi connectivity index (χ0n) is 10.1. The first kappa shape index (κ1) is 13.6. The van der Waals surface area contributed by atoms with Gasteiger partial charge in [-0.05, 0) is 24.6 Å². The van der Waals surface area contributed by atoms with Gasteiger partial charge in [-0.15, -0.1) is 11.8 Å². The highest BCUT2D eigenvalue weighted by atomic mass is 32.2. The number of rotatable bonds is 8. The molecular weight excluding hydrogens is 218 g/mol. The van der Waals surface area contributed by atoms with Crippen LogP contribution in [-0.4, -0.2) is 32.6 Å². The standard InChI is InChI=1S/C13H21NOS/c1-12(11-15-2)10-14-8-9-16-13-6-4-3-5-7-13/h3-7,12,14H,8-11H2,1-2H3. The molecule has 0 aliphatic carbocycles. The number of hydrogen-bond acceptors (Lipinski definition) is 3. The number of hydrogen-bond donors (Lipinski definition) is 1. The van der Waals surface area contributed by atoms with E-state index >= 15 is 0 Å². The fraction of sp³-hybridized carbons (Fsp3) is 0.538. The summed E-state index contributed by atoms with van der Waals surface area (Å²) >= 11 is 1.89. The van der Waals surface area contributed by atoms with E-state index < -0.39 is 0 Å². The molecule has 1 unspecified atom stereocenters. The lowest BCUT2D eigenvalue weighted by atomic mass is 10.2. The van der Waals surface area contributed by atoms with E-state index in [1.165, 1.54) is 4.90 Å². The van der Waals surface area contributed by atoms with Gasteiger partial charge in [-0.2, -0.15) is 0 Å². The molecule has 0 saturated heterocycles. The van der Waals surface area contributed by atoms with Crippen LogP contribution in [0.15, 0.2) is 35.2 Å². The molecule has 1 rings (SSSR count). The van der Waals surface area contributed by atoms with Gasteiger partial charge in [0.15, 0.2) is 0 Å². The van der Waals surface area contributed by atoms with Crippen LogP contribution in [0.2, 0.25) is 0 Å². The molecule has 3 heteroatoms. The Kier molecular flexibility index (Phi) is 7.30. The lowest BCUT2D eigenvalue weighted by Crippen LogP contribution is -2.25. The highest BCUT2D eigenvalue weighted by molar-refractivity contribution is 7.99. The number of methoxy groups -OCH3 is 1. The predicted molar refractivity (Wildman–Crippen MR) is 71.1 cm³/mol. The number of thioether (sulfide) groups is 1. The molecule has 0 aromatic heterocycles. The van der Waals surface area contributed by atoms with E-state index in [4.69, 9.17) is 4.74 Å². The minimum atomic E-state index is 0.590. The molecule has 16 heavy (non-hydrogen) atoms. The van der Waals surface area contributed by atoms with Crippen molar-refractivity contribution in [2.24, 2.45) is 5.92 Å². The average molecular weight is 239 g/mol. The van der Waals surface area contributed by atoms with Gasteiger partial charge in [0, 0.05) is 30.9 Å². The van der Waals surface area contributed by atoms with E-state index in [1.807, 2.05) is 11.8 Å². The maximum absolute atomic E-state index is 5.08. The van der Waals surface area contributed by atoms with Crippen LogP contribution in [0, 0.1) is 5.92 Å². The Morgan fingerprint density at radius 2 is 2.06 bits per heavy atom. The predicted octanol–water partition coefficient (Wildman–Crippen LogP) is 2.65. The third-order valence-electron chi connectivity index (χ3n) is 2.23. The van der Waals surface area contributed by atoms with Crippen LogP contribution < -0.4 is 5.32 Å². The molecule has 0 aliphatic heterocycles. The summed E-state index contributed by atoms with van der Waals surface area (Å²) in [6.07, 6.45) is 0. The summed E-state index contributed by atoms with van der Waals surface area (Å²) in [5.74, 6) is 1.70. The van der Waals surface area contributed by atoms with Crippen molar-refractivity contribution in [3.8, 4) is 0 Å². The van der Waals surface area contributed by atoms with Crippen molar-refractivity contribution in [3.63, 3.8) is 0 Å². The van der Waals surface area contributed by atoms with Crippen LogP contribution in [0.3, 0.4) is 0 Å². The van der Waals surface area contributed by atoms with Crippen molar-refractivity contribution in [3.05, 3.63) is 30.3 Å². The van der Waals surface area contributed by atoms with Gasteiger partial charge in [-0.25, -0.2) is 0 Å². The van der Waals surface area contributed by atoms with Gasteiger partial charge in [-0.1, -0.05) is 25.1 Å². The van der Waals surface area contributed by atoms with Gasteiger partial charge in [0.2, 0.25) is 0 Å². The summed E-state index contributed by atoms with van der Waals surface area (Å²) < 4.78 is 5.08. The van der Waals surface area contributed by atoms with E-state index in [0.717, 1.165) is 25.4 Å². The van der Waals surface area contributed by atoms with Crippen LogP contribution in [0.25, 0.3) is 0 Å². The molecule has 0 saturated carbocycles. The quantitative estimate of drug-likeness (QED) is 0.556. The largest absolute Gasteiger partial charge is 0.384 e. The molecule has 0 amide bonds. The van der Waals surface area contributed by atoms with Crippen LogP contribution >= 0.6 is 11.8 Å². The average Bonchev–Trinajstić information content (AvgIpc) is 2.30. The van der Waals surface area contributed by atoms with Gasteiger partial charge in [0.1, 0.15) is 0 Å². The first-order chi connectivity index (χ1) is 7.83. The van der Waals surface area contributed by atoms with Crippen molar-refractivity contribution in [2.75, 3.05) is 32.6 Å². The van der Waals surface area contributed by atoms with E-state index in [1.54, 1.807) is 7.11 Å². The maximum Gasteiger partial charge on any atom is 0.0499 e. The molecule has 1 aromatic carbocycles. The van der Waals surface area contributed by atoms with Crippen LogP contribution in [0.4, 0.5) is 0 Å². The Bertz CT molecular complexity index is 266. The Labute approximate surface area is 103 Å². The molecule has 0 radical (unpaired) electrons. The smallest absolute Gasteiger partial charge is 0.0499 e. The molecule has 0 bridgehead atoms. The van der Waals surface area contributed by atoms with Crippen LogP contribution in [-0.2, 0) is 4.74 Å². The third-order valence-corrected chi connectivity index (χ3v) is 3.25. The first-order valence-corrected chi connectivity index (χ1v) is 6.69. The Morgan fingerprint density at radius 1 is 1.31 bits per heavy atom. The molecule has 0 spiro atoms. The van der Waals surface area contributed by atoms with E-state index in [2.05, 4.69) is 42.6 Å². The van der Waals surface area contributed by atoms with Gasteiger partial charge in [0.25, 0.3) is 0 Å². The molecule has 1 N–H and O–H groups in total. The summed E-state index contributed by atoms with van der Waals surface area (Å²) in [6.45, 7) is 5.11. The minimum absolute atomic E-state index is 0.590. The molecule has 0 fully saturated rings. The minimum Gasteiger partial charge on any atom is -0.384 e. The van der Waals surface area contributed by atoms with Crippen molar-refractivity contribution >= 4 is 11.8 Å². The Balaban J connectivity index is 2.00. The van der Waals surface area contributed by atoms with E-state index in [0.29, 0.717) is 5.92 Å². The summed E-state index contributed by atoms with van der Waals surface area (Å²) in [7, 11) is 1.75. The zero-order valence-corrected chi connectivity index (χ0v) is 10.9. The Morgan fingerprint density at radius 3 is 2.75 bits per heavy atom. The lowest BCUT2D eigenvalue weighted by molar-refractivity contribution is 0.159. The van der Waals surface area contributed by atoms with Crippen molar-refractivity contribution in [2.45, 2.75) is 11.8 Å². The van der Waals surface area contributed by atoms with Crippen molar-refractivity contribution < 1.29 is 4.74 Å².